The van der Waals surface area contributed by atoms with Gasteiger partial charge in [0.25, 0.3) is 0 Å². The molecule has 3 rings (SSSR count). The number of H-pyrrole nitrogens is 1. The van der Waals surface area contributed by atoms with Gasteiger partial charge in [0.1, 0.15) is 5.75 Å². The largest absolute Gasteiger partial charge is 0.497 e. The lowest BCUT2D eigenvalue weighted by Gasteiger charge is -2.06. The van der Waals surface area contributed by atoms with Gasteiger partial charge in [-0.3, -0.25) is 4.57 Å². The molecule has 2 aromatic carbocycles. The maximum absolute atomic E-state index is 12.2. The van der Waals surface area contributed by atoms with Crippen molar-refractivity contribution >= 4 is 0 Å². The first-order chi connectivity index (χ1) is 13.1. The van der Waals surface area contributed by atoms with Crippen molar-refractivity contribution in [1.29, 1.82) is 0 Å². The normalized spacial score (nSPS) is 10.9. The van der Waals surface area contributed by atoms with E-state index < -0.39 is 0 Å². The van der Waals surface area contributed by atoms with Gasteiger partial charge in [-0.2, -0.15) is 0 Å². The molecule has 0 saturated carbocycles. The number of aryl methyl sites for hydroxylation is 3. The summed E-state index contributed by atoms with van der Waals surface area (Å²) in [7, 11) is 1.65. The van der Waals surface area contributed by atoms with E-state index in [4.69, 9.17) is 4.74 Å². The molecule has 0 spiro atoms. The van der Waals surface area contributed by atoms with Crippen LogP contribution in [0.4, 0.5) is 0 Å². The van der Waals surface area contributed by atoms with Gasteiger partial charge in [0.05, 0.1) is 19.3 Å². The predicted molar refractivity (Wildman–Crippen MR) is 107 cm³/mol. The molecule has 0 amide bonds. The third-order valence-corrected chi connectivity index (χ3v) is 4.85. The maximum Gasteiger partial charge on any atom is 0.328 e. The van der Waals surface area contributed by atoms with Crippen molar-refractivity contribution in [3.8, 4) is 11.6 Å². The Balaban J connectivity index is 1.63. The summed E-state index contributed by atoms with van der Waals surface area (Å²) in [6.07, 6.45) is 3.31. The van der Waals surface area contributed by atoms with E-state index in [1.165, 1.54) is 15.7 Å². The first kappa shape index (κ1) is 18.8. The Morgan fingerprint density at radius 1 is 0.963 bits per heavy atom. The van der Waals surface area contributed by atoms with Gasteiger partial charge in [0, 0.05) is 0 Å². The lowest BCUT2D eigenvalue weighted by Crippen LogP contribution is -2.17. The van der Waals surface area contributed by atoms with Crippen LogP contribution in [-0.2, 0) is 25.8 Å². The molecule has 0 aliphatic carbocycles. The molecule has 1 heterocycles. The van der Waals surface area contributed by atoms with E-state index in [9.17, 15) is 9.90 Å². The number of hydrogen-bond donors (Lipinski definition) is 2. The fraction of sp³-hybridized carbons (Fsp3) is 0.318. The number of aromatic nitrogens is 2. The quantitative estimate of drug-likeness (QED) is 0.639. The van der Waals surface area contributed by atoms with Crippen molar-refractivity contribution in [1.82, 2.24) is 9.55 Å². The van der Waals surface area contributed by atoms with Crippen molar-refractivity contribution in [2.24, 2.45) is 0 Å². The number of aromatic hydroxyl groups is 1. The average Bonchev–Trinajstić information content (AvgIpc) is 2.96. The Bertz CT molecular complexity index is 922. The lowest BCUT2D eigenvalue weighted by atomic mass is 10.1. The minimum absolute atomic E-state index is 0.0364. The van der Waals surface area contributed by atoms with Gasteiger partial charge in [-0.25, -0.2) is 4.79 Å². The zero-order valence-electron chi connectivity index (χ0n) is 15.9. The third kappa shape index (κ3) is 4.61. The Morgan fingerprint density at radius 2 is 1.59 bits per heavy atom. The van der Waals surface area contributed by atoms with Crippen molar-refractivity contribution in [3.05, 3.63) is 81.4 Å². The van der Waals surface area contributed by atoms with Gasteiger partial charge in [0.15, 0.2) is 0 Å². The molecule has 0 aliphatic rings. The topological polar surface area (TPSA) is 67.2 Å². The van der Waals surface area contributed by atoms with Crippen LogP contribution in [0, 0.1) is 0 Å². The average molecular weight is 366 g/mol. The summed E-state index contributed by atoms with van der Waals surface area (Å²) in [5.74, 6) is 0.874. The van der Waals surface area contributed by atoms with Gasteiger partial charge in [-0.1, -0.05) is 43.3 Å². The minimum atomic E-state index is -0.272. The molecule has 0 radical (unpaired) electrons. The molecule has 142 valence electrons. The molecular formula is C22H26N2O3. The number of hydrogen-bond acceptors (Lipinski definition) is 3. The highest BCUT2D eigenvalue weighted by Crippen LogP contribution is 2.18. The smallest absolute Gasteiger partial charge is 0.328 e. The number of rotatable bonds is 8. The van der Waals surface area contributed by atoms with Crippen LogP contribution in [0.25, 0.3) is 0 Å². The van der Waals surface area contributed by atoms with Crippen LogP contribution in [0.1, 0.15) is 35.7 Å². The van der Waals surface area contributed by atoms with Crippen molar-refractivity contribution < 1.29 is 9.84 Å². The standard InChI is InChI=1S/C22H26N2O3/c1-3-16-7-9-18(10-8-16)15-24-21(25)20(23-22(24)26)6-4-5-17-11-13-19(27-2)14-12-17/h7-14,25H,3-6,15H2,1-2H3,(H,23,26). The highest BCUT2D eigenvalue weighted by atomic mass is 16.5. The first-order valence-corrected chi connectivity index (χ1v) is 9.32. The molecule has 0 fully saturated rings. The molecule has 27 heavy (non-hydrogen) atoms. The van der Waals surface area contributed by atoms with E-state index >= 15 is 0 Å². The summed E-state index contributed by atoms with van der Waals surface area (Å²) in [4.78, 5) is 15.0. The van der Waals surface area contributed by atoms with Crippen LogP contribution in [-0.4, -0.2) is 21.8 Å². The second-order valence-electron chi connectivity index (χ2n) is 6.69. The monoisotopic (exact) mass is 366 g/mol. The Morgan fingerprint density at radius 3 is 2.22 bits per heavy atom. The summed E-state index contributed by atoms with van der Waals surface area (Å²) in [5, 5.41) is 10.5. The number of benzene rings is 2. The second kappa shape index (κ2) is 8.62. The molecule has 1 aromatic heterocycles. The molecule has 0 atom stereocenters. The van der Waals surface area contributed by atoms with Crippen LogP contribution in [0.3, 0.4) is 0 Å². The summed E-state index contributed by atoms with van der Waals surface area (Å²) >= 11 is 0. The molecule has 0 unspecified atom stereocenters. The number of aromatic amines is 1. The summed E-state index contributed by atoms with van der Waals surface area (Å²) in [6, 6.07) is 16.1. The van der Waals surface area contributed by atoms with Gasteiger partial charge >= 0.3 is 5.69 Å². The van der Waals surface area contributed by atoms with E-state index in [0.717, 1.165) is 30.6 Å². The van der Waals surface area contributed by atoms with Gasteiger partial charge in [-0.15, -0.1) is 0 Å². The molecule has 5 nitrogen and oxygen atoms in total. The Labute approximate surface area is 159 Å². The number of nitrogens with one attached hydrogen (secondary N) is 1. The zero-order valence-corrected chi connectivity index (χ0v) is 15.9. The Kier molecular flexibility index (Phi) is 6.01. The molecule has 0 saturated heterocycles. The Hall–Kier alpha value is -2.95. The minimum Gasteiger partial charge on any atom is -0.497 e. The molecule has 3 aromatic rings. The van der Waals surface area contributed by atoms with E-state index in [2.05, 4.69) is 24.0 Å². The number of nitrogens with zero attached hydrogens (tertiary/aromatic N) is 1. The molecule has 5 heteroatoms. The number of imidazole rings is 1. The number of methoxy groups -OCH3 is 1. The fourth-order valence-corrected chi connectivity index (χ4v) is 3.16. The van der Waals surface area contributed by atoms with Crippen LogP contribution < -0.4 is 10.4 Å². The van der Waals surface area contributed by atoms with E-state index in [1.807, 2.05) is 36.4 Å². The molecular weight excluding hydrogens is 340 g/mol. The molecule has 0 aliphatic heterocycles. The number of ether oxygens (including phenoxy) is 1. The molecule has 0 bridgehead atoms. The van der Waals surface area contributed by atoms with Crippen molar-refractivity contribution in [2.45, 2.75) is 39.2 Å². The summed E-state index contributed by atoms with van der Waals surface area (Å²) in [5.41, 5.74) is 3.77. The first-order valence-electron chi connectivity index (χ1n) is 9.32. The van der Waals surface area contributed by atoms with Gasteiger partial charge in [-0.05, 0) is 54.5 Å². The highest BCUT2D eigenvalue weighted by Gasteiger charge is 2.13. The van der Waals surface area contributed by atoms with Crippen LogP contribution >= 0.6 is 0 Å². The second-order valence-corrected chi connectivity index (χ2v) is 6.69. The zero-order chi connectivity index (χ0) is 19.2. The summed E-state index contributed by atoms with van der Waals surface area (Å²) in [6.45, 7) is 2.47. The van der Waals surface area contributed by atoms with E-state index in [-0.39, 0.29) is 11.6 Å². The lowest BCUT2D eigenvalue weighted by molar-refractivity contribution is 0.414. The van der Waals surface area contributed by atoms with Crippen molar-refractivity contribution in [3.63, 3.8) is 0 Å². The summed E-state index contributed by atoms with van der Waals surface area (Å²) < 4.78 is 6.55. The van der Waals surface area contributed by atoms with E-state index in [1.54, 1.807) is 7.11 Å². The van der Waals surface area contributed by atoms with Crippen molar-refractivity contribution in [2.75, 3.05) is 7.11 Å². The van der Waals surface area contributed by atoms with E-state index in [0.29, 0.717) is 18.7 Å². The van der Waals surface area contributed by atoms with Crippen LogP contribution in [0.15, 0.2) is 53.3 Å². The highest BCUT2D eigenvalue weighted by molar-refractivity contribution is 5.28. The van der Waals surface area contributed by atoms with Gasteiger partial charge < -0.3 is 14.8 Å². The SMILES string of the molecule is CCc1ccc(Cn2c(O)c(CCCc3ccc(OC)cc3)[nH]c2=O)cc1. The van der Waals surface area contributed by atoms with Gasteiger partial charge in [0.2, 0.25) is 5.88 Å². The van der Waals surface area contributed by atoms with Crippen LogP contribution in [0.5, 0.6) is 11.6 Å². The maximum atomic E-state index is 12.2. The predicted octanol–water partition coefficient (Wildman–Crippen LogP) is 3.68. The molecule has 2 N–H and O–H groups in total. The third-order valence-electron chi connectivity index (χ3n) is 4.85. The van der Waals surface area contributed by atoms with Crippen LogP contribution in [0.2, 0.25) is 0 Å². The fourth-order valence-electron chi connectivity index (χ4n) is 3.16.